The predicted octanol–water partition coefficient (Wildman–Crippen LogP) is 2.50. The highest BCUT2D eigenvalue weighted by Gasteiger charge is 2.27. The minimum atomic E-state index is -2.85. The normalized spacial score (nSPS) is 19.5. The van der Waals surface area contributed by atoms with E-state index in [2.05, 4.69) is 13.8 Å². The second kappa shape index (κ2) is 6.19. The van der Waals surface area contributed by atoms with Gasteiger partial charge in [0.05, 0.1) is 11.0 Å². The van der Waals surface area contributed by atoms with Gasteiger partial charge in [0.15, 0.2) is 9.84 Å². The van der Waals surface area contributed by atoms with Gasteiger partial charge in [-0.2, -0.15) is 0 Å². The Morgan fingerprint density at radius 3 is 2.29 bits per heavy atom. The third-order valence-electron chi connectivity index (χ3n) is 3.90. The molecule has 1 saturated carbocycles. The van der Waals surface area contributed by atoms with Crippen molar-refractivity contribution in [1.29, 1.82) is 0 Å². The molecule has 1 aliphatic carbocycles. The van der Waals surface area contributed by atoms with E-state index in [0.717, 1.165) is 38.5 Å². The van der Waals surface area contributed by atoms with Crippen LogP contribution in [0.15, 0.2) is 0 Å². The van der Waals surface area contributed by atoms with Crippen molar-refractivity contribution in [1.82, 2.24) is 0 Å². The molecule has 0 aromatic heterocycles. The largest absolute Gasteiger partial charge is 0.330 e. The van der Waals surface area contributed by atoms with Gasteiger partial charge in [-0.05, 0) is 37.6 Å². The number of sulfone groups is 1. The molecule has 1 rings (SSSR count). The van der Waals surface area contributed by atoms with Crippen molar-refractivity contribution in [2.75, 3.05) is 12.3 Å². The Hall–Kier alpha value is -0.0900. The first kappa shape index (κ1) is 15.0. The summed E-state index contributed by atoms with van der Waals surface area (Å²) >= 11 is 0. The smallest absolute Gasteiger partial charge is 0.153 e. The molecule has 0 radical (unpaired) electrons. The van der Waals surface area contributed by atoms with Crippen LogP contribution < -0.4 is 5.73 Å². The van der Waals surface area contributed by atoms with Gasteiger partial charge in [-0.3, -0.25) is 0 Å². The summed E-state index contributed by atoms with van der Waals surface area (Å²) in [6.45, 7) is 4.82. The Bertz CT molecular complexity index is 316. The number of nitrogens with two attached hydrogens (primary N) is 1. The molecule has 0 saturated heterocycles. The van der Waals surface area contributed by atoms with E-state index in [9.17, 15) is 8.42 Å². The summed E-state index contributed by atoms with van der Waals surface area (Å²) in [6.07, 6.45) is 6.77. The number of hydrogen-bond donors (Lipinski definition) is 1. The van der Waals surface area contributed by atoms with E-state index in [-0.39, 0.29) is 10.7 Å². The molecule has 0 aromatic carbocycles. The summed E-state index contributed by atoms with van der Waals surface area (Å²) in [5, 5.41) is -0.0581. The lowest BCUT2D eigenvalue weighted by atomic mass is 9.88. The quantitative estimate of drug-likeness (QED) is 0.799. The second-order valence-electron chi connectivity index (χ2n) is 6.10. The van der Waals surface area contributed by atoms with Crippen molar-refractivity contribution < 1.29 is 8.42 Å². The van der Waals surface area contributed by atoms with Gasteiger partial charge in [0, 0.05) is 0 Å². The molecule has 0 atom stereocenters. The Kier molecular flexibility index (Phi) is 5.45. The van der Waals surface area contributed by atoms with Crippen molar-refractivity contribution in [2.24, 2.45) is 11.1 Å². The van der Waals surface area contributed by atoms with Crippen LogP contribution in [0.25, 0.3) is 0 Å². The average molecular weight is 261 g/mol. The lowest BCUT2D eigenvalue weighted by Crippen LogP contribution is -2.28. The van der Waals surface area contributed by atoms with Gasteiger partial charge in [0.2, 0.25) is 0 Å². The predicted molar refractivity (Wildman–Crippen MR) is 72.7 cm³/mol. The molecule has 4 heteroatoms. The molecule has 0 bridgehead atoms. The summed E-state index contributed by atoms with van der Waals surface area (Å²) in [5.41, 5.74) is 5.72. The van der Waals surface area contributed by atoms with Crippen molar-refractivity contribution in [3.05, 3.63) is 0 Å². The van der Waals surface area contributed by atoms with E-state index in [4.69, 9.17) is 5.73 Å². The van der Waals surface area contributed by atoms with Crippen LogP contribution in [0.2, 0.25) is 0 Å². The van der Waals surface area contributed by atoms with Gasteiger partial charge >= 0.3 is 0 Å². The zero-order valence-corrected chi connectivity index (χ0v) is 12.1. The van der Waals surface area contributed by atoms with Gasteiger partial charge in [-0.25, -0.2) is 8.42 Å². The van der Waals surface area contributed by atoms with Gasteiger partial charge in [-0.1, -0.05) is 33.1 Å². The van der Waals surface area contributed by atoms with Gasteiger partial charge in [0.25, 0.3) is 0 Å². The molecule has 1 fully saturated rings. The summed E-state index contributed by atoms with van der Waals surface area (Å²) < 4.78 is 24.3. The zero-order chi connectivity index (χ0) is 12.9. The zero-order valence-electron chi connectivity index (χ0n) is 11.2. The number of rotatable bonds is 6. The van der Waals surface area contributed by atoms with Crippen LogP contribution in [0.3, 0.4) is 0 Å². The van der Waals surface area contributed by atoms with Crippen LogP contribution in [0, 0.1) is 5.41 Å². The molecule has 0 spiro atoms. The molecule has 3 nitrogen and oxygen atoms in total. The molecule has 0 aliphatic heterocycles. The lowest BCUT2D eigenvalue weighted by molar-refractivity contribution is 0.343. The van der Waals surface area contributed by atoms with Gasteiger partial charge in [-0.15, -0.1) is 0 Å². The Morgan fingerprint density at radius 2 is 1.76 bits per heavy atom. The van der Waals surface area contributed by atoms with Crippen LogP contribution in [0.4, 0.5) is 0 Å². The monoisotopic (exact) mass is 261 g/mol. The maximum Gasteiger partial charge on any atom is 0.153 e. The van der Waals surface area contributed by atoms with E-state index in [0.29, 0.717) is 12.3 Å². The highest BCUT2D eigenvalue weighted by atomic mass is 32.2. The van der Waals surface area contributed by atoms with Crippen LogP contribution >= 0.6 is 0 Å². The van der Waals surface area contributed by atoms with Crippen molar-refractivity contribution in [3.63, 3.8) is 0 Å². The molecule has 0 unspecified atom stereocenters. The third-order valence-corrected chi connectivity index (χ3v) is 6.24. The van der Waals surface area contributed by atoms with Gasteiger partial charge < -0.3 is 5.73 Å². The lowest BCUT2D eigenvalue weighted by Gasteiger charge is -2.24. The summed E-state index contributed by atoms with van der Waals surface area (Å²) in [5.74, 6) is 0.348. The Balaban J connectivity index is 2.39. The Morgan fingerprint density at radius 1 is 1.18 bits per heavy atom. The van der Waals surface area contributed by atoms with Crippen LogP contribution in [-0.4, -0.2) is 26.0 Å². The fourth-order valence-corrected chi connectivity index (χ4v) is 4.38. The van der Waals surface area contributed by atoms with Crippen LogP contribution in [0.5, 0.6) is 0 Å². The first-order chi connectivity index (χ1) is 7.87. The molecule has 102 valence electrons. The van der Waals surface area contributed by atoms with E-state index in [1.807, 2.05) is 0 Å². The molecule has 1 aliphatic rings. The van der Waals surface area contributed by atoms with Crippen LogP contribution in [0.1, 0.15) is 58.8 Å². The SMILES string of the molecule is CC(C)(CN)CCCS(=O)(=O)C1CCCCC1. The first-order valence-corrected chi connectivity index (χ1v) is 8.50. The summed E-state index contributed by atoms with van der Waals surface area (Å²) in [6, 6.07) is 0. The molecule has 2 N–H and O–H groups in total. The van der Waals surface area contributed by atoms with E-state index < -0.39 is 9.84 Å². The third kappa shape index (κ3) is 4.96. The second-order valence-corrected chi connectivity index (χ2v) is 8.50. The average Bonchev–Trinajstić information content (AvgIpc) is 2.30. The topological polar surface area (TPSA) is 60.2 Å². The summed E-state index contributed by atoms with van der Waals surface area (Å²) in [4.78, 5) is 0. The number of hydrogen-bond acceptors (Lipinski definition) is 3. The van der Waals surface area contributed by atoms with Crippen molar-refractivity contribution in [2.45, 2.75) is 64.0 Å². The van der Waals surface area contributed by atoms with E-state index in [1.54, 1.807) is 0 Å². The fourth-order valence-electron chi connectivity index (χ4n) is 2.44. The highest BCUT2D eigenvalue weighted by molar-refractivity contribution is 7.92. The maximum atomic E-state index is 12.1. The Labute approximate surface area is 106 Å². The molecule has 0 amide bonds. The summed E-state index contributed by atoms with van der Waals surface area (Å²) in [7, 11) is -2.85. The minimum Gasteiger partial charge on any atom is -0.330 e. The standard InChI is InChI=1S/C13H27NO2S/c1-13(2,11-14)9-6-10-17(15,16)12-7-4-3-5-8-12/h12H,3-11,14H2,1-2H3. The minimum absolute atomic E-state index is 0.0581. The van der Waals surface area contributed by atoms with Crippen molar-refractivity contribution >= 4 is 9.84 Å². The van der Waals surface area contributed by atoms with E-state index in [1.165, 1.54) is 6.42 Å². The van der Waals surface area contributed by atoms with Crippen molar-refractivity contribution in [3.8, 4) is 0 Å². The van der Waals surface area contributed by atoms with Gasteiger partial charge in [0.1, 0.15) is 0 Å². The molecular weight excluding hydrogens is 234 g/mol. The molecule has 17 heavy (non-hydrogen) atoms. The molecule has 0 aromatic rings. The highest BCUT2D eigenvalue weighted by Crippen LogP contribution is 2.26. The van der Waals surface area contributed by atoms with Crippen LogP contribution in [-0.2, 0) is 9.84 Å². The molecular formula is C13H27NO2S. The first-order valence-electron chi connectivity index (χ1n) is 6.79. The van der Waals surface area contributed by atoms with E-state index >= 15 is 0 Å². The fraction of sp³-hybridized carbons (Fsp3) is 1.00. The maximum absolute atomic E-state index is 12.1. The molecule has 0 heterocycles.